The summed E-state index contributed by atoms with van der Waals surface area (Å²) >= 11 is 0. The largest absolute Gasteiger partial charge is 0.294 e. The van der Waals surface area contributed by atoms with E-state index in [2.05, 4.69) is 4.72 Å². The van der Waals surface area contributed by atoms with Crippen molar-refractivity contribution in [3.8, 4) is 0 Å². The van der Waals surface area contributed by atoms with Crippen LogP contribution in [0, 0.1) is 6.92 Å². The number of Topliss-reactive ketones (excluding diaryl/α,β-unsaturated/α-hetero) is 1. The highest BCUT2D eigenvalue weighted by atomic mass is 32.2. The molecule has 1 N–H and O–H groups in total. The molecule has 0 unspecified atom stereocenters. The van der Waals surface area contributed by atoms with Crippen LogP contribution < -0.4 is 4.72 Å². The van der Waals surface area contributed by atoms with Gasteiger partial charge >= 0.3 is 0 Å². The first-order valence-corrected chi connectivity index (χ1v) is 8.59. The van der Waals surface area contributed by atoms with E-state index in [1.807, 2.05) is 31.2 Å². The van der Waals surface area contributed by atoms with Gasteiger partial charge in [0.2, 0.25) is 10.0 Å². The Morgan fingerprint density at radius 2 is 1.59 bits per heavy atom. The monoisotopic (exact) mass is 317 g/mol. The van der Waals surface area contributed by atoms with Gasteiger partial charge in [0.05, 0.1) is 4.90 Å². The van der Waals surface area contributed by atoms with E-state index >= 15 is 0 Å². The standard InChI is InChI=1S/C17H19NO3S/c1-3-17(19)15-8-10-16(11-9-15)22(20,21)18-12-14-6-4-13(2)5-7-14/h4-11,18H,3,12H2,1-2H3. The van der Waals surface area contributed by atoms with Crippen LogP contribution in [0.2, 0.25) is 0 Å². The predicted molar refractivity (Wildman–Crippen MR) is 86.3 cm³/mol. The highest BCUT2D eigenvalue weighted by Gasteiger charge is 2.14. The summed E-state index contributed by atoms with van der Waals surface area (Å²) in [6, 6.07) is 13.7. The molecule has 2 rings (SSSR count). The molecule has 0 heterocycles. The van der Waals surface area contributed by atoms with Gasteiger partial charge in [0.15, 0.2) is 5.78 Å². The average molecular weight is 317 g/mol. The first kappa shape index (κ1) is 16.4. The van der Waals surface area contributed by atoms with E-state index < -0.39 is 10.0 Å². The molecular weight excluding hydrogens is 298 g/mol. The second-order valence-electron chi connectivity index (χ2n) is 5.11. The fraction of sp³-hybridized carbons (Fsp3) is 0.235. The molecule has 0 aliphatic heterocycles. The number of aryl methyl sites for hydroxylation is 1. The van der Waals surface area contributed by atoms with Crippen LogP contribution in [0.5, 0.6) is 0 Å². The Morgan fingerprint density at radius 3 is 2.14 bits per heavy atom. The zero-order valence-corrected chi connectivity index (χ0v) is 13.5. The summed E-state index contributed by atoms with van der Waals surface area (Å²) in [4.78, 5) is 11.7. The second kappa shape index (κ2) is 6.85. The summed E-state index contributed by atoms with van der Waals surface area (Å²) in [6.45, 7) is 3.99. The van der Waals surface area contributed by atoms with Crippen LogP contribution in [0.4, 0.5) is 0 Å². The van der Waals surface area contributed by atoms with E-state index in [1.165, 1.54) is 12.1 Å². The van der Waals surface area contributed by atoms with Crippen molar-refractivity contribution < 1.29 is 13.2 Å². The van der Waals surface area contributed by atoms with E-state index in [4.69, 9.17) is 0 Å². The zero-order chi connectivity index (χ0) is 16.2. The Hall–Kier alpha value is -1.98. The molecule has 22 heavy (non-hydrogen) atoms. The van der Waals surface area contributed by atoms with Gasteiger partial charge in [-0.15, -0.1) is 0 Å². The van der Waals surface area contributed by atoms with E-state index in [0.717, 1.165) is 11.1 Å². The maximum atomic E-state index is 12.2. The Morgan fingerprint density at radius 1 is 1.00 bits per heavy atom. The maximum Gasteiger partial charge on any atom is 0.240 e. The summed E-state index contributed by atoms with van der Waals surface area (Å²) in [5.74, 6) is -0.00318. The van der Waals surface area contributed by atoms with Crippen LogP contribution >= 0.6 is 0 Å². The van der Waals surface area contributed by atoms with Crippen molar-refractivity contribution >= 4 is 15.8 Å². The lowest BCUT2D eigenvalue weighted by molar-refractivity contribution is 0.0988. The minimum Gasteiger partial charge on any atom is -0.294 e. The molecule has 116 valence electrons. The third-order valence-corrected chi connectivity index (χ3v) is 4.81. The van der Waals surface area contributed by atoms with Gasteiger partial charge in [-0.2, -0.15) is 0 Å². The Balaban J connectivity index is 2.09. The van der Waals surface area contributed by atoms with E-state index in [-0.39, 0.29) is 17.2 Å². The number of carbonyl (C=O) groups excluding carboxylic acids is 1. The van der Waals surface area contributed by atoms with Crippen molar-refractivity contribution in [1.82, 2.24) is 4.72 Å². The van der Waals surface area contributed by atoms with E-state index in [1.54, 1.807) is 19.1 Å². The topological polar surface area (TPSA) is 63.2 Å². The number of carbonyl (C=O) groups is 1. The number of sulfonamides is 1. The van der Waals surface area contributed by atoms with Gasteiger partial charge in [-0.05, 0) is 24.6 Å². The van der Waals surface area contributed by atoms with Gasteiger partial charge < -0.3 is 0 Å². The van der Waals surface area contributed by atoms with Crippen molar-refractivity contribution in [1.29, 1.82) is 0 Å². The summed E-state index contributed by atoms with van der Waals surface area (Å²) in [6.07, 6.45) is 0.401. The lowest BCUT2D eigenvalue weighted by Crippen LogP contribution is -2.23. The summed E-state index contributed by atoms with van der Waals surface area (Å²) in [7, 11) is -3.58. The maximum absolute atomic E-state index is 12.2. The molecule has 0 radical (unpaired) electrons. The normalized spacial score (nSPS) is 11.4. The van der Waals surface area contributed by atoms with Gasteiger partial charge in [0.1, 0.15) is 0 Å². The second-order valence-corrected chi connectivity index (χ2v) is 6.88. The van der Waals surface area contributed by atoms with Crippen molar-refractivity contribution in [2.75, 3.05) is 0 Å². The number of hydrogen-bond acceptors (Lipinski definition) is 3. The van der Waals surface area contributed by atoms with Crippen LogP contribution in [0.1, 0.15) is 34.8 Å². The van der Waals surface area contributed by atoms with Gasteiger partial charge in [-0.3, -0.25) is 4.79 Å². The number of rotatable bonds is 6. The quantitative estimate of drug-likeness (QED) is 0.833. The van der Waals surface area contributed by atoms with Gasteiger partial charge in [-0.1, -0.05) is 48.9 Å². The molecule has 0 saturated carbocycles. The smallest absolute Gasteiger partial charge is 0.240 e. The van der Waals surface area contributed by atoms with Crippen molar-refractivity contribution in [2.24, 2.45) is 0 Å². The fourth-order valence-electron chi connectivity index (χ4n) is 1.99. The third kappa shape index (κ3) is 4.02. The van der Waals surface area contributed by atoms with Gasteiger partial charge in [0, 0.05) is 18.5 Å². The summed E-state index contributed by atoms with van der Waals surface area (Å²) in [5, 5.41) is 0. The number of ketones is 1. The molecule has 0 aromatic heterocycles. The average Bonchev–Trinajstić information content (AvgIpc) is 2.54. The lowest BCUT2D eigenvalue weighted by Gasteiger charge is -2.08. The van der Waals surface area contributed by atoms with E-state index in [9.17, 15) is 13.2 Å². The van der Waals surface area contributed by atoms with Crippen LogP contribution in [0.25, 0.3) is 0 Å². The highest BCUT2D eigenvalue weighted by molar-refractivity contribution is 7.89. The molecular formula is C17H19NO3S. The Labute approximate surface area is 131 Å². The lowest BCUT2D eigenvalue weighted by atomic mass is 10.1. The van der Waals surface area contributed by atoms with E-state index in [0.29, 0.717) is 12.0 Å². The molecule has 5 heteroatoms. The molecule has 0 aliphatic carbocycles. The molecule has 0 amide bonds. The molecule has 2 aromatic rings. The summed E-state index contributed by atoms with van der Waals surface area (Å²) < 4.78 is 27.0. The van der Waals surface area contributed by atoms with Gasteiger partial charge in [-0.25, -0.2) is 13.1 Å². The molecule has 0 bridgehead atoms. The van der Waals surface area contributed by atoms with Crippen molar-refractivity contribution in [2.45, 2.75) is 31.7 Å². The Kier molecular flexibility index (Phi) is 5.11. The first-order valence-electron chi connectivity index (χ1n) is 7.11. The summed E-state index contributed by atoms with van der Waals surface area (Å²) in [5.41, 5.74) is 2.55. The highest BCUT2D eigenvalue weighted by Crippen LogP contribution is 2.13. The van der Waals surface area contributed by atoms with Crippen LogP contribution in [0.15, 0.2) is 53.4 Å². The Bertz CT molecular complexity index is 747. The van der Waals surface area contributed by atoms with Crippen LogP contribution in [-0.2, 0) is 16.6 Å². The van der Waals surface area contributed by atoms with Crippen molar-refractivity contribution in [3.05, 3.63) is 65.2 Å². The van der Waals surface area contributed by atoms with Gasteiger partial charge in [0.25, 0.3) is 0 Å². The number of benzene rings is 2. The molecule has 0 atom stereocenters. The van der Waals surface area contributed by atoms with Crippen molar-refractivity contribution in [3.63, 3.8) is 0 Å². The number of nitrogens with one attached hydrogen (secondary N) is 1. The molecule has 0 spiro atoms. The molecule has 2 aromatic carbocycles. The molecule has 4 nitrogen and oxygen atoms in total. The third-order valence-electron chi connectivity index (χ3n) is 3.39. The zero-order valence-electron chi connectivity index (χ0n) is 12.7. The van der Waals surface area contributed by atoms with Crippen LogP contribution in [-0.4, -0.2) is 14.2 Å². The van der Waals surface area contributed by atoms with Crippen LogP contribution in [0.3, 0.4) is 0 Å². The SMILES string of the molecule is CCC(=O)c1ccc(S(=O)(=O)NCc2ccc(C)cc2)cc1. The predicted octanol–water partition coefficient (Wildman–Crippen LogP) is 3.07. The first-order chi connectivity index (χ1) is 10.4. The number of hydrogen-bond donors (Lipinski definition) is 1. The molecule has 0 aliphatic rings. The minimum atomic E-state index is -3.58. The molecule has 0 saturated heterocycles. The minimum absolute atomic E-state index is 0.00318. The molecule has 0 fully saturated rings. The fourth-order valence-corrected chi connectivity index (χ4v) is 3.01.